The van der Waals surface area contributed by atoms with Crippen molar-refractivity contribution < 1.29 is 28.6 Å². The normalized spacial score (nSPS) is 12.6. The number of hydrogen-bond acceptors (Lipinski definition) is 6. The zero-order chi connectivity index (χ0) is 45.1. The highest BCUT2D eigenvalue weighted by Gasteiger charge is 2.19. The van der Waals surface area contributed by atoms with Crippen LogP contribution in [0.2, 0.25) is 0 Å². The van der Waals surface area contributed by atoms with Crippen LogP contribution in [-0.4, -0.2) is 37.2 Å². The summed E-state index contributed by atoms with van der Waals surface area (Å²) in [7, 11) is 0. The predicted molar refractivity (Wildman–Crippen MR) is 265 cm³/mol. The third-order valence-corrected chi connectivity index (χ3v) is 10.9. The molecule has 1 atom stereocenters. The lowest BCUT2D eigenvalue weighted by molar-refractivity contribution is -0.167. The Bertz CT molecular complexity index is 1180. The predicted octanol–water partition coefficient (Wildman–Crippen LogP) is 17.0. The van der Waals surface area contributed by atoms with E-state index in [0.717, 1.165) is 103 Å². The molecule has 0 rings (SSSR count). The first-order chi connectivity index (χ1) is 30.5. The minimum atomic E-state index is -0.783. The van der Waals surface area contributed by atoms with Gasteiger partial charge in [-0.2, -0.15) is 0 Å². The minimum Gasteiger partial charge on any atom is -0.462 e. The quantitative estimate of drug-likeness (QED) is 0.0262. The molecule has 0 aromatic rings. The van der Waals surface area contributed by atoms with E-state index in [1.54, 1.807) is 0 Å². The van der Waals surface area contributed by atoms with Gasteiger partial charge in [-0.25, -0.2) is 0 Å². The summed E-state index contributed by atoms with van der Waals surface area (Å²) >= 11 is 0. The largest absolute Gasteiger partial charge is 0.462 e. The van der Waals surface area contributed by atoms with Crippen molar-refractivity contribution in [3.8, 4) is 0 Å². The van der Waals surface area contributed by atoms with Crippen LogP contribution in [-0.2, 0) is 28.6 Å². The number of allylic oxidation sites excluding steroid dienone is 12. The Morgan fingerprint density at radius 2 is 0.629 bits per heavy atom. The molecule has 6 heteroatoms. The van der Waals surface area contributed by atoms with Crippen LogP contribution in [0, 0.1) is 0 Å². The van der Waals surface area contributed by atoms with E-state index in [4.69, 9.17) is 14.2 Å². The Hall–Kier alpha value is -3.15. The van der Waals surface area contributed by atoms with Crippen molar-refractivity contribution in [2.45, 2.75) is 252 Å². The third kappa shape index (κ3) is 47.9. The van der Waals surface area contributed by atoms with Crippen molar-refractivity contribution in [3.63, 3.8) is 0 Å². The average molecular weight is 865 g/mol. The third-order valence-electron chi connectivity index (χ3n) is 10.9. The van der Waals surface area contributed by atoms with Crippen molar-refractivity contribution in [1.29, 1.82) is 0 Å². The Balaban J connectivity index is 4.33. The Morgan fingerprint density at radius 1 is 0.339 bits per heavy atom. The van der Waals surface area contributed by atoms with Gasteiger partial charge in [0.25, 0.3) is 0 Å². The second kappa shape index (κ2) is 50.5. The van der Waals surface area contributed by atoms with E-state index in [0.29, 0.717) is 19.3 Å². The van der Waals surface area contributed by atoms with Gasteiger partial charge in [0, 0.05) is 19.3 Å². The molecule has 0 aliphatic carbocycles. The number of hydrogen-bond donors (Lipinski definition) is 0. The molecule has 0 saturated carbocycles. The second-order valence-corrected chi connectivity index (χ2v) is 17.1. The van der Waals surface area contributed by atoms with Crippen LogP contribution in [0.3, 0.4) is 0 Å². The first-order valence-corrected chi connectivity index (χ1v) is 25.9. The van der Waals surface area contributed by atoms with E-state index in [1.807, 2.05) is 0 Å². The van der Waals surface area contributed by atoms with Crippen molar-refractivity contribution in [2.24, 2.45) is 0 Å². The molecule has 0 fully saturated rings. The number of ether oxygens (including phenoxy) is 3. The molecule has 0 spiro atoms. The Kier molecular flexibility index (Phi) is 47.9. The molecule has 0 amide bonds. The molecular weight excluding hydrogens is 769 g/mol. The van der Waals surface area contributed by atoms with E-state index < -0.39 is 6.10 Å². The summed E-state index contributed by atoms with van der Waals surface area (Å²) in [6.45, 7) is 6.45. The lowest BCUT2D eigenvalue weighted by Gasteiger charge is -2.18. The topological polar surface area (TPSA) is 78.9 Å². The molecule has 1 unspecified atom stereocenters. The summed E-state index contributed by atoms with van der Waals surface area (Å²) in [6.07, 6.45) is 63.2. The van der Waals surface area contributed by atoms with Crippen molar-refractivity contribution in [2.75, 3.05) is 13.2 Å². The first kappa shape index (κ1) is 58.9. The number of carbonyl (C=O) groups is 3. The zero-order valence-electron chi connectivity index (χ0n) is 40.6. The molecule has 0 saturated heterocycles. The molecule has 0 aliphatic rings. The van der Waals surface area contributed by atoms with Crippen LogP contribution in [0.4, 0.5) is 0 Å². The summed E-state index contributed by atoms with van der Waals surface area (Å²) in [5.41, 5.74) is 0. The van der Waals surface area contributed by atoms with Crippen molar-refractivity contribution >= 4 is 17.9 Å². The van der Waals surface area contributed by atoms with Crippen LogP contribution in [0.15, 0.2) is 72.9 Å². The standard InChI is InChI=1S/C56H96O6/c1-4-7-10-13-16-19-21-23-25-27-28-30-31-33-35-37-40-43-46-49-55(58)61-52-53(51-60-54(57)48-45-42-39-18-15-12-9-6-3)62-56(59)50-47-44-41-38-36-34-32-29-26-24-22-20-17-14-11-8-5-2/h8,11,16-17,19-20,23-26,28,30,53H,4-7,9-10,12-15,18,21-22,27,29,31-52H2,1-3H3/b11-8-,19-16-,20-17-,25-23-,26-24-,30-28-. The summed E-state index contributed by atoms with van der Waals surface area (Å²) < 4.78 is 16.7. The molecule has 6 nitrogen and oxygen atoms in total. The molecule has 0 bridgehead atoms. The smallest absolute Gasteiger partial charge is 0.306 e. The monoisotopic (exact) mass is 865 g/mol. The van der Waals surface area contributed by atoms with Crippen LogP contribution in [0.1, 0.15) is 245 Å². The minimum absolute atomic E-state index is 0.0832. The van der Waals surface area contributed by atoms with Gasteiger partial charge in [-0.3, -0.25) is 14.4 Å². The Morgan fingerprint density at radius 3 is 1.02 bits per heavy atom. The summed E-state index contributed by atoms with van der Waals surface area (Å²) in [5.74, 6) is -0.909. The molecule has 0 aromatic heterocycles. The lowest BCUT2D eigenvalue weighted by Crippen LogP contribution is -2.30. The van der Waals surface area contributed by atoms with E-state index in [1.165, 1.54) is 103 Å². The molecule has 0 N–H and O–H groups in total. The van der Waals surface area contributed by atoms with E-state index >= 15 is 0 Å². The maximum Gasteiger partial charge on any atom is 0.306 e. The van der Waals surface area contributed by atoms with Gasteiger partial charge >= 0.3 is 17.9 Å². The van der Waals surface area contributed by atoms with Crippen LogP contribution in [0.5, 0.6) is 0 Å². The van der Waals surface area contributed by atoms with Gasteiger partial charge in [0.1, 0.15) is 13.2 Å². The number of esters is 3. The number of rotatable bonds is 46. The number of carbonyl (C=O) groups excluding carboxylic acids is 3. The van der Waals surface area contributed by atoms with Gasteiger partial charge in [-0.1, -0.05) is 209 Å². The first-order valence-electron chi connectivity index (χ1n) is 25.9. The van der Waals surface area contributed by atoms with Gasteiger partial charge in [-0.05, 0) is 89.9 Å². The fourth-order valence-electron chi connectivity index (χ4n) is 7.05. The summed E-state index contributed by atoms with van der Waals surface area (Å²) in [4.78, 5) is 37.9. The second-order valence-electron chi connectivity index (χ2n) is 17.1. The fraction of sp³-hybridized carbons (Fsp3) is 0.732. The van der Waals surface area contributed by atoms with E-state index in [-0.39, 0.29) is 31.1 Å². The lowest BCUT2D eigenvalue weighted by atomic mass is 10.1. The molecule has 0 aromatic carbocycles. The van der Waals surface area contributed by atoms with Crippen LogP contribution in [0.25, 0.3) is 0 Å². The van der Waals surface area contributed by atoms with Crippen molar-refractivity contribution in [3.05, 3.63) is 72.9 Å². The van der Waals surface area contributed by atoms with Crippen molar-refractivity contribution in [1.82, 2.24) is 0 Å². The summed E-state index contributed by atoms with van der Waals surface area (Å²) in [6, 6.07) is 0. The van der Waals surface area contributed by atoms with Gasteiger partial charge < -0.3 is 14.2 Å². The highest BCUT2D eigenvalue weighted by Crippen LogP contribution is 2.14. The maximum atomic E-state index is 12.8. The van der Waals surface area contributed by atoms with Crippen LogP contribution >= 0.6 is 0 Å². The highest BCUT2D eigenvalue weighted by atomic mass is 16.6. The molecule has 0 heterocycles. The SMILES string of the molecule is CC/C=C\C/C=C\C/C=C\CCCCCCCCCC(=O)OC(COC(=O)CCCCCCCC/C=C\C/C=C\C/C=C\CCCCC)COC(=O)CCCCCCCCCC. The zero-order valence-corrected chi connectivity index (χ0v) is 40.6. The maximum absolute atomic E-state index is 12.8. The average Bonchev–Trinajstić information content (AvgIpc) is 3.27. The molecule has 0 aliphatic heterocycles. The fourth-order valence-corrected chi connectivity index (χ4v) is 7.05. The van der Waals surface area contributed by atoms with Gasteiger partial charge in [0.2, 0.25) is 0 Å². The van der Waals surface area contributed by atoms with Gasteiger partial charge in [-0.15, -0.1) is 0 Å². The molecular formula is C56H96O6. The summed E-state index contributed by atoms with van der Waals surface area (Å²) in [5, 5.41) is 0. The molecule has 356 valence electrons. The van der Waals surface area contributed by atoms with Gasteiger partial charge in [0.05, 0.1) is 0 Å². The van der Waals surface area contributed by atoms with E-state index in [2.05, 4.69) is 93.7 Å². The molecule has 0 radical (unpaired) electrons. The van der Waals surface area contributed by atoms with Crippen LogP contribution < -0.4 is 0 Å². The highest BCUT2D eigenvalue weighted by molar-refractivity contribution is 5.71. The number of unbranched alkanes of at least 4 members (excludes halogenated alkanes) is 23. The van der Waals surface area contributed by atoms with Gasteiger partial charge in [0.15, 0.2) is 6.10 Å². The van der Waals surface area contributed by atoms with E-state index in [9.17, 15) is 14.4 Å². The Labute approximate surface area is 382 Å². The molecule has 62 heavy (non-hydrogen) atoms.